The number of hydrogen-bond acceptors (Lipinski definition) is 5. The number of carbonyl (C=O) groups excluding carboxylic acids is 2. The molecule has 0 atom stereocenters. The zero-order chi connectivity index (χ0) is 23.5. The number of carbonyl (C=O) groups is 2. The van der Waals surface area contributed by atoms with Crippen LogP contribution in [0.1, 0.15) is 26.4 Å². The summed E-state index contributed by atoms with van der Waals surface area (Å²) in [5.41, 5.74) is 0.341. The van der Waals surface area contributed by atoms with E-state index in [1.807, 2.05) is 0 Å². The van der Waals surface area contributed by atoms with Crippen molar-refractivity contribution in [3.8, 4) is 11.1 Å². The number of ether oxygens (including phenoxy) is 1. The molecule has 0 radical (unpaired) electrons. The fraction of sp³-hybridized carbons (Fsp3) is 0.0833. The summed E-state index contributed by atoms with van der Waals surface area (Å²) in [6.07, 6.45) is 1.29. The second-order valence-electron chi connectivity index (χ2n) is 7.06. The lowest BCUT2D eigenvalue weighted by Crippen LogP contribution is -2.29. The van der Waals surface area contributed by atoms with Crippen LogP contribution >= 0.6 is 11.6 Å². The number of methoxy groups -OCH3 is 1. The maximum absolute atomic E-state index is 14.8. The lowest BCUT2D eigenvalue weighted by atomic mass is 9.99. The Morgan fingerprint density at radius 3 is 2.55 bits per heavy atom. The maximum Gasteiger partial charge on any atom is 0.354 e. The van der Waals surface area contributed by atoms with E-state index in [4.69, 9.17) is 16.3 Å². The van der Waals surface area contributed by atoms with Crippen molar-refractivity contribution in [1.29, 1.82) is 0 Å². The number of H-pyrrole nitrogens is 1. The van der Waals surface area contributed by atoms with Gasteiger partial charge in [0.2, 0.25) is 0 Å². The molecule has 0 aliphatic heterocycles. The number of aromatic nitrogens is 2. The largest absolute Gasteiger partial charge is 0.464 e. The van der Waals surface area contributed by atoms with Crippen molar-refractivity contribution in [2.75, 3.05) is 7.11 Å². The lowest BCUT2D eigenvalue weighted by Gasteiger charge is -2.14. The van der Waals surface area contributed by atoms with Gasteiger partial charge >= 0.3 is 5.97 Å². The number of hydrogen-bond donors (Lipinski definition) is 2. The van der Waals surface area contributed by atoms with Crippen molar-refractivity contribution in [3.63, 3.8) is 0 Å². The average molecular weight is 466 g/mol. The summed E-state index contributed by atoms with van der Waals surface area (Å²) in [7, 11) is 1.16. The minimum Gasteiger partial charge on any atom is -0.464 e. The first-order valence-corrected chi connectivity index (χ1v) is 10.2. The molecule has 2 aromatic heterocycles. The number of nitrogens with one attached hydrogen (secondary N) is 2. The molecule has 0 saturated carbocycles. The molecule has 7 nitrogen and oxygen atoms in total. The molecule has 33 heavy (non-hydrogen) atoms. The van der Waals surface area contributed by atoms with Gasteiger partial charge in [0, 0.05) is 23.7 Å². The Labute approximate surface area is 192 Å². The van der Waals surface area contributed by atoms with Crippen molar-refractivity contribution >= 4 is 34.4 Å². The van der Waals surface area contributed by atoms with Crippen molar-refractivity contribution in [2.45, 2.75) is 6.54 Å². The van der Waals surface area contributed by atoms with Gasteiger partial charge in [0.25, 0.3) is 5.91 Å². The molecule has 0 fully saturated rings. The first kappa shape index (κ1) is 22.2. The summed E-state index contributed by atoms with van der Waals surface area (Å²) in [4.78, 5) is 45.0. The molecule has 1 amide bonds. The molecule has 0 saturated heterocycles. The molecule has 2 N–H and O–H groups in total. The molecule has 2 heterocycles. The topological polar surface area (TPSA) is 101 Å². The third-order valence-corrected chi connectivity index (χ3v) is 5.32. The number of esters is 1. The van der Waals surface area contributed by atoms with Crippen LogP contribution in [0.2, 0.25) is 5.15 Å². The highest BCUT2D eigenvalue weighted by Gasteiger charge is 2.22. The summed E-state index contributed by atoms with van der Waals surface area (Å²) >= 11 is 5.74. The van der Waals surface area contributed by atoms with E-state index in [2.05, 4.69) is 15.3 Å². The van der Waals surface area contributed by atoms with E-state index in [1.54, 1.807) is 30.3 Å². The highest BCUT2D eigenvalue weighted by Crippen LogP contribution is 2.29. The number of benzene rings is 2. The van der Waals surface area contributed by atoms with E-state index in [0.717, 1.165) is 7.11 Å². The van der Waals surface area contributed by atoms with E-state index in [9.17, 15) is 18.8 Å². The Morgan fingerprint density at radius 1 is 1.12 bits per heavy atom. The molecule has 0 aliphatic rings. The van der Waals surface area contributed by atoms with Crippen LogP contribution in [0, 0.1) is 5.82 Å². The Bertz CT molecular complexity index is 1420. The highest BCUT2D eigenvalue weighted by atomic mass is 35.5. The summed E-state index contributed by atoms with van der Waals surface area (Å²) in [5.74, 6) is -1.90. The number of rotatable bonds is 5. The molecular weight excluding hydrogens is 449 g/mol. The molecule has 166 valence electrons. The van der Waals surface area contributed by atoms with Gasteiger partial charge in [-0.2, -0.15) is 0 Å². The first-order chi connectivity index (χ1) is 15.9. The number of halogens is 2. The van der Waals surface area contributed by atoms with Gasteiger partial charge in [0.15, 0.2) is 5.43 Å². The number of amides is 1. The fourth-order valence-electron chi connectivity index (χ4n) is 3.49. The van der Waals surface area contributed by atoms with Crippen molar-refractivity contribution in [3.05, 3.63) is 98.8 Å². The minimum absolute atomic E-state index is 0.0183. The van der Waals surface area contributed by atoms with Gasteiger partial charge in [0.05, 0.1) is 23.8 Å². The second-order valence-corrected chi connectivity index (χ2v) is 7.45. The van der Waals surface area contributed by atoms with Crippen molar-refractivity contribution < 1.29 is 18.7 Å². The number of pyridine rings is 2. The summed E-state index contributed by atoms with van der Waals surface area (Å²) in [6.45, 7) is -0.269. The fourth-order valence-corrected chi connectivity index (χ4v) is 3.60. The van der Waals surface area contributed by atoms with Gasteiger partial charge < -0.3 is 15.0 Å². The van der Waals surface area contributed by atoms with Gasteiger partial charge in [-0.25, -0.2) is 14.2 Å². The Morgan fingerprint density at radius 2 is 1.88 bits per heavy atom. The van der Waals surface area contributed by atoms with E-state index < -0.39 is 23.1 Å². The van der Waals surface area contributed by atoms with Crippen LogP contribution in [0.4, 0.5) is 4.39 Å². The quantitative estimate of drug-likeness (QED) is 0.341. The second kappa shape index (κ2) is 9.22. The van der Waals surface area contributed by atoms with Crippen LogP contribution in [0.5, 0.6) is 0 Å². The van der Waals surface area contributed by atoms with Gasteiger partial charge in [0.1, 0.15) is 16.7 Å². The summed E-state index contributed by atoms with van der Waals surface area (Å²) in [6, 6.07) is 14.1. The predicted molar refractivity (Wildman–Crippen MR) is 122 cm³/mol. The number of nitrogens with zero attached hydrogens (tertiary/aromatic N) is 1. The molecule has 4 aromatic rings. The van der Waals surface area contributed by atoms with Gasteiger partial charge in [-0.05, 0) is 29.8 Å². The molecule has 0 aliphatic carbocycles. The molecule has 0 unspecified atom stereocenters. The van der Waals surface area contributed by atoms with Crippen LogP contribution in [0.25, 0.3) is 22.0 Å². The number of aromatic amines is 1. The SMILES string of the molecule is COC(=O)c1[nH]c2c(-c3ccccc3)c(F)ccc2c(=O)c1CNC(=O)c1ccc(Cl)nc1. The van der Waals surface area contributed by atoms with Crippen LogP contribution in [0.15, 0.2) is 65.6 Å². The summed E-state index contributed by atoms with van der Waals surface area (Å²) < 4.78 is 19.6. The zero-order valence-corrected chi connectivity index (χ0v) is 18.1. The molecule has 4 rings (SSSR count). The van der Waals surface area contributed by atoms with Gasteiger partial charge in [-0.15, -0.1) is 0 Å². The molecular formula is C24H17ClFN3O4. The standard InChI is InChI=1S/C24H17ClFN3O4/c1-33-24(32)21-16(12-28-23(31)14-7-10-18(25)27-11-14)22(30)15-8-9-17(26)19(20(15)29-21)13-5-3-2-4-6-13/h2-11H,12H2,1H3,(H,28,31)(H,29,30). The highest BCUT2D eigenvalue weighted by molar-refractivity contribution is 6.29. The van der Waals surface area contributed by atoms with E-state index in [0.29, 0.717) is 5.56 Å². The predicted octanol–water partition coefficient (Wildman–Crippen LogP) is 4.10. The lowest BCUT2D eigenvalue weighted by molar-refractivity contribution is 0.0592. The Balaban J connectivity index is 1.83. The zero-order valence-electron chi connectivity index (χ0n) is 17.3. The van der Waals surface area contributed by atoms with Crippen LogP contribution in [-0.4, -0.2) is 29.0 Å². The van der Waals surface area contributed by atoms with E-state index >= 15 is 0 Å². The first-order valence-electron chi connectivity index (χ1n) is 9.81. The molecule has 2 aromatic carbocycles. The summed E-state index contributed by atoms with van der Waals surface area (Å²) in [5, 5.41) is 2.99. The van der Waals surface area contributed by atoms with Crippen molar-refractivity contribution in [1.82, 2.24) is 15.3 Å². The number of fused-ring (bicyclic) bond motifs is 1. The third kappa shape index (κ3) is 4.33. The van der Waals surface area contributed by atoms with Crippen LogP contribution in [-0.2, 0) is 11.3 Å². The third-order valence-electron chi connectivity index (χ3n) is 5.09. The minimum atomic E-state index is -0.824. The Hall–Kier alpha value is -4.04. The van der Waals surface area contributed by atoms with E-state index in [1.165, 1.54) is 30.5 Å². The van der Waals surface area contributed by atoms with Crippen LogP contribution in [0.3, 0.4) is 0 Å². The maximum atomic E-state index is 14.8. The molecule has 0 spiro atoms. The smallest absolute Gasteiger partial charge is 0.354 e. The van der Waals surface area contributed by atoms with Gasteiger partial charge in [-0.1, -0.05) is 41.9 Å². The molecule has 9 heteroatoms. The van der Waals surface area contributed by atoms with Crippen LogP contribution < -0.4 is 10.7 Å². The molecule has 0 bridgehead atoms. The average Bonchev–Trinajstić information content (AvgIpc) is 2.83. The Kier molecular flexibility index (Phi) is 6.19. The monoisotopic (exact) mass is 465 g/mol. The van der Waals surface area contributed by atoms with E-state index in [-0.39, 0.29) is 45.0 Å². The van der Waals surface area contributed by atoms with Gasteiger partial charge in [-0.3, -0.25) is 9.59 Å². The normalized spacial score (nSPS) is 10.8. The van der Waals surface area contributed by atoms with Crippen molar-refractivity contribution in [2.24, 2.45) is 0 Å².